The smallest absolute Gasteiger partial charge is 0.343 e. The first-order valence-corrected chi connectivity index (χ1v) is 7.95. The third-order valence-electron chi connectivity index (χ3n) is 3.75. The quantitative estimate of drug-likeness (QED) is 0.426. The number of nitriles is 1. The van der Waals surface area contributed by atoms with Crippen molar-refractivity contribution in [2.45, 2.75) is 0 Å². The molecule has 3 aromatic carbocycles. The van der Waals surface area contributed by atoms with E-state index in [2.05, 4.69) is 6.07 Å². The molecule has 0 amide bonds. The second-order valence-corrected chi connectivity index (χ2v) is 5.51. The second kappa shape index (κ2) is 7.82. The Hall–Kier alpha value is -3.84. The average molecular weight is 341 g/mol. The summed E-state index contributed by atoms with van der Waals surface area (Å²) in [7, 11) is 0. The molecule has 126 valence electrons. The Morgan fingerprint density at radius 3 is 2.23 bits per heavy atom. The van der Waals surface area contributed by atoms with Gasteiger partial charge in [0.1, 0.15) is 11.5 Å². The Morgan fingerprint density at radius 1 is 0.885 bits per heavy atom. The zero-order chi connectivity index (χ0) is 18.4. The summed E-state index contributed by atoms with van der Waals surface area (Å²) < 4.78 is 5.48. The van der Waals surface area contributed by atoms with Gasteiger partial charge >= 0.3 is 5.97 Å². The lowest BCUT2D eigenvalue weighted by Crippen LogP contribution is -2.08. The highest BCUT2D eigenvalue weighted by atomic mass is 16.5. The fourth-order valence-electron chi connectivity index (χ4n) is 2.39. The van der Waals surface area contributed by atoms with E-state index in [1.807, 2.05) is 36.4 Å². The number of nitrogens with zero attached hydrogens (tertiary/aromatic N) is 1. The lowest BCUT2D eigenvalue weighted by Gasteiger charge is -2.08. The van der Waals surface area contributed by atoms with Gasteiger partial charge in [-0.05, 0) is 42.0 Å². The van der Waals surface area contributed by atoms with Crippen molar-refractivity contribution in [1.29, 1.82) is 5.26 Å². The summed E-state index contributed by atoms with van der Waals surface area (Å²) >= 11 is 0. The standard InChI is InChI=1S/C22H15NO3/c23-15-19-7-2-1-5-16(19)9-10-17-6-3-4-8-21(17)26-22(25)18-11-13-20(24)14-12-18/h1-14,24H/b10-9+. The van der Waals surface area contributed by atoms with E-state index in [1.54, 1.807) is 24.3 Å². The van der Waals surface area contributed by atoms with E-state index in [0.717, 1.165) is 5.56 Å². The Labute approximate surface area is 151 Å². The van der Waals surface area contributed by atoms with Crippen molar-refractivity contribution >= 4 is 18.1 Å². The van der Waals surface area contributed by atoms with E-state index in [-0.39, 0.29) is 5.75 Å². The van der Waals surface area contributed by atoms with Crippen LogP contribution in [0.4, 0.5) is 0 Å². The van der Waals surface area contributed by atoms with Gasteiger partial charge in [-0.15, -0.1) is 0 Å². The molecule has 0 radical (unpaired) electrons. The molecule has 0 aliphatic rings. The third-order valence-corrected chi connectivity index (χ3v) is 3.75. The molecule has 0 fully saturated rings. The molecule has 0 unspecified atom stereocenters. The minimum atomic E-state index is -0.511. The van der Waals surface area contributed by atoms with Crippen LogP contribution >= 0.6 is 0 Å². The number of carbonyl (C=O) groups is 1. The Morgan fingerprint density at radius 2 is 1.50 bits per heavy atom. The minimum absolute atomic E-state index is 0.0843. The van der Waals surface area contributed by atoms with Crippen molar-refractivity contribution in [1.82, 2.24) is 0 Å². The van der Waals surface area contributed by atoms with Crippen molar-refractivity contribution in [2.24, 2.45) is 0 Å². The van der Waals surface area contributed by atoms with Gasteiger partial charge in [-0.1, -0.05) is 48.6 Å². The number of rotatable bonds is 4. The summed E-state index contributed by atoms with van der Waals surface area (Å²) in [5.74, 6) is -0.0134. The summed E-state index contributed by atoms with van der Waals surface area (Å²) in [4.78, 5) is 12.3. The number of esters is 1. The molecule has 0 aliphatic carbocycles. The predicted molar refractivity (Wildman–Crippen MR) is 99.6 cm³/mol. The van der Waals surface area contributed by atoms with E-state index in [4.69, 9.17) is 10.00 Å². The van der Waals surface area contributed by atoms with Crippen LogP contribution in [0.25, 0.3) is 12.2 Å². The fraction of sp³-hybridized carbons (Fsp3) is 0. The number of para-hydroxylation sites is 1. The van der Waals surface area contributed by atoms with Gasteiger partial charge in [0.15, 0.2) is 0 Å². The highest BCUT2D eigenvalue weighted by Gasteiger charge is 2.10. The molecule has 0 atom stereocenters. The van der Waals surface area contributed by atoms with Crippen molar-refractivity contribution in [2.75, 3.05) is 0 Å². The molecule has 3 aromatic rings. The number of carbonyl (C=O) groups excluding carboxylic acids is 1. The van der Waals surface area contributed by atoms with Crippen LogP contribution in [0.1, 0.15) is 27.0 Å². The summed E-state index contributed by atoms with van der Waals surface area (Å²) in [6.45, 7) is 0. The van der Waals surface area contributed by atoms with Crippen LogP contribution in [0.2, 0.25) is 0 Å². The maximum atomic E-state index is 12.3. The SMILES string of the molecule is N#Cc1ccccc1/C=C/c1ccccc1OC(=O)c1ccc(O)cc1. The van der Waals surface area contributed by atoms with Crippen molar-refractivity contribution in [3.63, 3.8) is 0 Å². The molecule has 0 heterocycles. The molecule has 3 rings (SSSR count). The number of aromatic hydroxyl groups is 1. The molecular weight excluding hydrogens is 326 g/mol. The van der Waals surface area contributed by atoms with E-state index >= 15 is 0 Å². The molecule has 0 spiro atoms. The predicted octanol–water partition coefficient (Wildman–Crippen LogP) is 4.65. The van der Waals surface area contributed by atoms with E-state index < -0.39 is 5.97 Å². The lowest BCUT2D eigenvalue weighted by molar-refractivity contribution is 0.0734. The first-order valence-electron chi connectivity index (χ1n) is 7.95. The second-order valence-electron chi connectivity index (χ2n) is 5.51. The Kier molecular flexibility index (Phi) is 5.11. The van der Waals surface area contributed by atoms with Crippen molar-refractivity contribution in [3.8, 4) is 17.6 Å². The van der Waals surface area contributed by atoms with Gasteiger partial charge in [-0.2, -0.15) is 5.26 Å². The van der Waals surface area contributed by atoms with Crippen LogP contribution in [0, 0.1) is 11.3 Å². The number of phenols is 1. The van der Waals surface area contributed by atoms with Gasteiger partial charge in [0.25, 0.3) is 0 Å². The Balaban J connectivity index is 1.84. The molecule has 0 saturated carbocycles. The summed E-state index contributed by atoms with van der Waals surface area (Å²) in [6.07, 6.45) is 3.61. The van der Waals surface area contributed by atoms with Crippen LogP contribution in [0.5, 0.6) is 11.5 Å². The molecule has 0 saturated heterocycles. The number of ether oxygens (including phenoxy) is 1. The van der Waals surface area contributed by atoms with Gasteiger partial charge in [-0.3, -0.25) is 0 Å². The maximum Gasteiger partial charge on any atom is 0.343 e. The fourth-order valence-corrected chi connectivity index (χ4v) is 2.39. The summed E-state index contributed by atoms with van der Waals surface area (Å²) in [6, 6.07) is 22.4. The van der Waals surface area contributed by atoms with Gasteiger partial charge in [0.2, 0.25) is 0 Å². The molecule has 0 aliphatic heterocycles. The van der Waals surface area contributed by atoms with E-state index in [9.17, 15) is 9.90 Å². The van der Waals surface area contributed by atoms with Gasteiger partial charge in [0.05, 0.1) is 17.2 Å². The minimum Gasteiger partial charge on any atom is -0.508 e. The summed E-state index contributed by atoms with van der Waals surface area (Å²) in [5, 5.41) is 18.5. The number of hydrogen-bond acceptors (Lipinski definition) is 4. The molecule has 1 N–H and O–H groups in total. The molecule has 4 heteroatoms. The number of phenolic OH excluding ortho intramolecular Hbond substituents is 1. The topological polar surface area (TPSA) is 70.3 Å². The van der Waals surface area contributed by atoms with Crippen LogP contribution in [0.15, 0.2) is 72.8 Å². The van der Waals surface area contributed by atoms with Gasteiger partial charge in [-0.25, -0.2) is 4.79 Å². The molecule has 4 nitrogen and oxygen atoms in total. The zero-order valence-corrected chi connectivity index (χ0v) is 13.8. The van der Waals surface area contributed by atoms with Crippen LogP contribution in [0.3, 0.4) is 0 Å². The number of benzene rings is 3. The molecule has 26 heavy (non-hydrogen) atoms. The average Bonchev–Trinajstić information content (AvgIpc) is 2.68. The lowest BCUT2D eigenvalue weighted by atomic mass is 10.1. The van der Waals surface area contributed by atoms with Crippen molar-refractivity contribution < 1.29 is 14.6 Å². The molecule has 0 aromatic heterocycles. The molecule has 0 bridgehead atoms. The van der Waals surface area contributed by atoms with Crippen molar-refractivity contribution in [3.05, 3.63) is 95.1 Å². The normalized spacial score (nSPS) is 10.4. The van der Waals surface area contributed by atoms with E-state index in [1.165, 1.54) is 24.3 Å². The Bertz CT molecular complexity index is 998. The van der Waals surface area contributed by atoms with Crippen LogP contribution in [-0.2, 0) is 0 Å². The van der Waals surface area contributed by atoms with E-state index in [0.29, 0.717) is 22.4 Å². The highest BCUT2D eigenvalue weighted by molar-refractivity contribution is 5.92. The maximum absolute atomic E-state index is 12.3. The zero-order valence-electron chi connectivity index (χ0n) is 13.8. The van der Waals surface area contributed by atoms with Crippen LogP contribution < -0.4 is 4.74 Å². The third kappa shape index (κ3) is 3.97. The number of hydrogen-bond donors (Lipinski definition) is 1. The summed E-state index contributed by atoms with van der Waals surface area (Å²) in [5.41, 5.74) is 2.42. The largest absolute Gasteiger partial charge is 0.508 e. The van der Waals surface area contributed by atoms with Gasteiger partial charge in [0, 0.05) is 5.56 Å². The first-order chi connectivity index (χ1) is 12.7. The first kappa shape index (κ1) is 17.0. The molecular formula is C22H15NO3. The monoisotopic (exact) mass is 341 g/mol. The van der Waals surface area contributed by atoms with Gasteiger partial charge < -0.3 is 9.84 Å². The highest BCUT2D eigenvalue weighted by Crippen LogP contribution is 2.23. The van der Waals surface area contributed by atoms with Crippen LogP contribution in [-0.4, -0.2) is 11.1 Å².